The third-order valence-corrected chi connectivity index (χ3v) is 3.74. The Kier molecular flexibility index (Phi) is 4.52. The molecular weight excluding hydrogens is 360 g/mol. The van der Waals surface area contributed by atoms with Gasteiger partial charge >= 0.3 is 5.97 Å². The Morgan fingerprint density at radius 3 is 2.74 bits per heavy atom. The lowest BCUT2D eigenvalue weighted by Gasteiger charge is -2.10. The predicted octanol–water partition coefficient (Wildman–Crippen LogP) is 3.89. The average Bonchev–Trinajstić information content (AvgIpc) is 2.56. The van der Waals surface area contributed by atoms with Gasteiger partial charge in [-0.25, -0.2) is 14.8 Å². The number of rotatable bonds is 4. The Balaban J connectivity index is 1.75. The summed E-state index contributed by atoms with van der Waals surface area (Å²) >= 11 is 3.43. The molecule has 116 valence electrons. The minimum absolute atomic E-state index is 0.192. The zero-order valence-electron chi connectivity index (χ0n) is 12.3. The molecule has 1 aromatic heterocycles. The number of nitrogens with zero attached hydrogens (tertiary/aromatic N) is 2. The number of hydrogen-bond donors (Lipinski definition) is 0. The fourth-order valence-corrected chi connectivity index (χ4v) is 2.58. The summed E-state index contributed by atoms with van der Waals surface area (Å²) in [7, 11) is 0. The standard InChI is InChI=1S/C17H13BrN2O3/c1-11-14-7-13(18)8-15(16(14)20-9-19-11)22-10-23-17(21)12-5-3-2-4-6-12/h2-9H,10H2,1H3. The van der Waals surface area contributed by atoms with E-state index in [1.54, 1.807) is 30.3 Å². The minimum Gasteiger partial charge on any atom is -0.455 e. The van der Waals surface area contributed by atoms with Crippen LogP contribution in [0.15, 0.2) is 53.3 Å². The molecule has 23 heavy (non-hydrogen) atoms. The molecule has 0 saturated heterocycles. The summed E-state index contributed by atoms with van der Waals surface area (Å²) in [4.78, 5) is 20.3. The molecule has 0 unspecified atom stereocenters. The van der Waals surface area contributed by atoms with E-state index in [0.717, 1.165) is 15.6 Å². The van der Waals surface area contributed by atoms with E-state index < -0.39 is 5.97 Å². The van der Waals surface area contributed by atoms with E-state index in [4.69, 9.17) is 9.47 Å². The fourth-order valence-electron chi connectivity index (χ4n) is 2.14. The lowest BCUT2D eigenvalue weighted by Crippen LogP contribution is -2.11. The van der Waals surface area contributed by atoms with Crippen LogP contribution in [0.3, 0.4) is 0 Å². The van der Waals surface area contributed by atoms with E-state index in [1.165, 1.54) is 6.33 Å². The number of aromatic nitrogens is 2. The highest BCUT2D eigenvalue weighted by Gasteiger charge is 2.10. The zero-order valence-corrected chi connectivity index (χ0v) is 13.9. The van der Waals surface area contributed by atoms with Gasteiger partial charge in [0.2, 0.25) is 6.79 Å². The van der Waals surface area contributed by atoms with Crippen LogP contribution in [0.25, 0.3) is 10.9 Å². The third kappa shape index (κ3) is 3.48. The first-order valence-electron chi connectivity index (χ1n) is 6.91. The van der Waals surface area contributed by atoms with E-state index in [-0.39, 0.29) is 6.79 Å². The molecule has 0 spiro atoms. The van der Waals surface area contributed by atoms with Crippen LogP contribution in [-0.4, -0.2) is 22.7 Å². The van der Waals surface area contributed by atoms with Crippen LogP contribution in [0.1, 0.15) is 16.1 Å². The van der Waals surface area contributed by atoms with Crippen LogP contribution >= 0.6 is 15.9 Å². The first kappa shape index (κ1) is 15.4. The SMILES string of the molecule is Cc1ncnc2c(OCOC(=O)c3ccccc3)cc(Br)cc12. The number of carbonyl (C=O) groups is 1. The molecule has 0 N–H and O–H groups in total. The smallest absolute Gasteiger partial charge is 0.340 e. The Hall–Kier alpha value is -2.47. The highest BCUT2D eigenvalue weighted by molar-refractivity contribution is 9.10. The first-order valence-corrected chi connectivity index (χ1v) is 7.70. The average molecular weight is 373 g/mol. The van der Waals surface area contributed by atoms with E-state index in [2.05, 4.69) is 25.9 Å². The topological polar surface area (TPSA) is 61.3 Å². The highest BCUT2D eigenvalue weighted by atomic mass is 79.9. The predicted molar refractivity (Wildman–Crippen MR) is 89.3 cm³/mol. The molecule has 0 radical (unpaired) electrons. The molecular formula is C17H13BrN2O3. The molecule has 0 aliphatic carbocycles. The number of esters is 1. The molecule has 0 saturated carbocycles. The molecule has 1 heterocycles. The van der Waals surface area contributed by atoms with Gasteiger partial charge in [0.15, 0.2) is 5.75 Å². The number of carbonyl (C=O) groups excluding carboxylic acids is 1. The van der Waals surface area contributed by atoms with Crippen LogP contribution in [0.5, 0.6) is 5.75 Å². The summed E-state index contributed by atoms with van der Waals surface area (Å²) in [6, 6.07) is 12.5. The van der Waals surface area contributed by atoms with E-state index in [0.29, 0.717) is 16.8 Å². The van der Waals surface area contributed by atoms with Crippen molar-refractivity contribution in [1.29, 1.82) is 0 Å². The van der Waals surface area contributed by atoms with Gasteiger partial charge in [0, 0.05) is 15.6 Å². The Morgan fingerprint density at radius 2 is 1.96 bits per heavy atom. The lowest BCUT2D eigenvalue weighted by atomic mass is 10.2. The fraction of sp³-hybridized carbons (Fsp3) is 0.118. The molecule has 0 amide bonds. The van der Waals surface area contributed by atoms with Gasteiger partial charge in [0.25, 0.3) is 0 Å². The van der Waals surface area contributed by atoms with Crippen LogP contribution in [-0.2, 0) is 4.74 Å². The summed E-state index contributed by atoms with van der Waals surface area (Å²) in [5, 5.41) is 0.881. The van der Waals surface area contributed by atoms with Gasteiger partial charge in [-0.3, -0.25) is 0 Å². The minimum atomic E-state index is -0.435. The van der Waals surface area contributed by atoms with Crippen LogP contribution in [0, 0.1) is 6.92 Å². The summed E-state index contributed by atoms with van der Waals surface area (Å²) in [6.45, 7) is 1.71. The summed E-state index contributed by atoms with van der Waals surface area (Å²) in [6.07, 6.45) is 1.48. The Bertz CT molecular complexity index is 853. The van der Waals surface area contributed by atoms with E-state index in [9.17, 15) is 4.79 Å². The van der Waals surface area contributed by atoms with Crippen LogP contribution in [0.2, 0.25) is 0 Å². The number of benzene rings is 2. The number of ether oxygens (including phenoxy) is 2. The second-order valence-electron chi connectivity index (χ2n) is 4.82. The normalized spacial score (nSPS) is 10.5. The van der Waals surface area contributed by atoms with Crippen molar-refractivity contribution in [2.45, 2.75) is 6.92 Å². The van der Waals surface area contributed by atoms with Gasteiger partial charge < -0.3 is 9.47 Å². The second-order valence-corrected chi connectivity index (χ2v) is 5.73. The van der Waals surface area contributed by atoms with Gasteiger partial charge in [0.1, 0.15) is 11.8 Å². The van der Waals surface area contributed by atoms with Gasteiger partial charge in [-0.15, -0.1) is 0 Å². The second kappa shape index (κ2) is 6.75. The summed E-state index contributed by atoms with van der Waals surface area (Å²) in [5.41, 5.74) is 2.01. The molecule has 5 nitrogen and oxygen atoms in total. The molecule has 3 rings (SSSR count). The van der Waals surface area contributed by atoms with Gasteiger partial charge in [-0.05, 0) is 31.2 Å². The van der Waals surface area contributed by atoms with Crippen molar-refractivity contribution in [2.75, 3.05) is 6.79 Å². The van der Waals surface area contributed by atoms with Gasteiger partial charge in [0.05, 0.1) is 5.56 Å². The van der Waals surface area contributed by atoms with Crippen molar-refractivity contribution >= 4 is 32.8 Å². The molecule has 6 heteroatoms. The Labute approximate surface area is 141 Å². The monoisotopic (exact) mass is 372 g/mol. The number of hydrogen-bond acceptors (Lipinski definition) is 5. The van der Waals surface area contributed by atoms with Crippen molar-refractivity contribution < 1.29 is 14.3 Å². The zero-order chi connectivity index (χ0) is 16.2. The molecule has 0 aliphatic rings. The van der Waals surface area contributed by atoms with Crippen LogP contribution in [0.4, 0.5) is 0 Å². The third-order valence-electron chi connectivity index (χ3n) is 3.28. The highest BCUT2D eigenvalue weighted by Crippen LogP contribution is 2.29. The molecule has 2 aromatic carbocycles. The van der Waals surface area contributed by atoms with Crippen molar-refractivity contribution in [3.63, 3.8) is 0 Å². The molecule has 0 fully saturated rings. The Morgan fingerprint density at radius 1 is 1.17 bits per heavy atom. The maximum Gasteiger partial charge on any atom is 0.340 e. The van der Waals surface area contributed by atoms with Crippen molar-refractivity contribution in [2.24, 2.45) is 0 Å². The number of fused-ring (bicyclic) bond motifs is 1. The molecule has 0 atom stereocenters. The maximum atomic E-state index is 11.9. The number of aryl methyl sites for hydroxylation is 1. The van der Waals surface area contributed by atoms with E-state index in [1.807, 2.05) is 19.1 Å². The van der Waals surface area contributed by atoms with E-state index >= 15 is 0 Å². The van der Waals surface area contributed by atoms with Crippen molar-refractivity contribution in [3.05, 3.63) is 64.5 Å². The van der Waals surface area contributed by atoms with Crippen LogP contribution < -0.4 is 4.74 Å². The number of halogens is 1. The van der Waals surface area contributed by atoms with Crippen molar-refractivity contribution in [3.8, 4) is 5.75 Å². The lowest BCUT2D eigenvalue weighted by molar-refractivity contribution is 0.0157. The first-order chi connectivity index (χ1) is 11.1. The summed E-state index contributed by atoms with van der Waals surface area (Å²) in [5.74, 6) is 0.0939. The summed E-state index contributed by atoms with van der Waals surface area (Å²) < 4.78 is 11.6. The largest absolute Gasteiger partial charge is 0.455 e. The quantitative estimate of drug-likeness (QED) is 0.513. The molecule has 3 aromatic rings. The van der Waals surface area contributed by atoms with Crippen molar-refractivity contribution in [1.82, 2.24) is 9.97 Å². The van der Waals surface area contributed by atoms with Gasteiger partial charge in [-0.2, -0.15) is 0 Å². The molecule has 0 bridgehead atoms. The van der Waals surface area contributed by atoms with Gasteiger partial charge in [-0.1, -0.05) is 34.1 Å². The maximum absolute atomic E-state index is 11.9. The molecule has 0 aliphatic heterocycles.